The molecule has 4 amide bonds. The maximum absolute atomic E-state index is 12.3. The Balaban J connectivity index is 0.000000173. The standard InChI is InChI=1S/C20H22ClN5O3.C20H21ClN4O3.C19H20ClN5O3.C18H19ClN6O3/c1-26(2)8-3-9-28-18-7-5-14(11-23-18)13-4-6-15(21)16(10-13)24-19(27)17-12-29-20(22)25-17;1-25(2)9-10-27-15-6-3-13(4-7-15)14-5-8-16(21)17(11-14)23-19(26)18-12-28-20(22)24-18;1-25(2)7-8-27-17-6-4-13(10-22-17)12-3-5-14(20)15(9-12)23-18(26)16-11-28-19(21)24-16;1-25(2)5-6-27-18-21-8-12(9-22-18)11-3-4-13(19)14(7-11)23-16(26)15-10-28-17(20)24-15/h4-7,10-12H,3,8-9H2,1-2H3,(H2,22,25)(H,24,27);3-8,11-12H,9-10H2,1-2H3,(H2,22,24)(H,23,26);3-6,9-11H,7-8H2,1-2H3,(H2,21,24)(H,23,26);3-4,7-10H,5-6H2,1-2H3,(H2,20,24)(H,23,26). The Hall–Kier alpha value is -12.4. The van der Waals surface area contributed by atoms with Gasteiger partial charge in [-0.25, -0.2) is 19.9 Å². The summed E-state index contributed by atoms with van der Waals surface area (Å²) in [5, 5.41) is 12.4. The number of likely N-dealkylation sites (N-methyl/N-ethyl adjacent to an activating group) is 3. The summed E-state index contributed by atoms with van der Waals surface area (Å²) in [6.45, 7) is 5.66. The lowest BCUT2D eigenvalue weighted by atomic mass is 10.0. The minimum absolute atomic E-state index is 0.0570. The summed E-state index contributed by atoms with van der Waals surface area (Å²) in [5.74, 6) is 0.0444. The number of nitrogens with two attached hydrogens (primary N) is 4. The van der Waals surface area contributed by atoms with Crippen LogP contribution in [0.15, 0.2) is 189 Å². The maximum Gasteiger partial charge on any atom is 0.316 e. The highest BCUT2D eigenvalue weighted by Crippen LogP contribution is 2.35. The molecule has 0 aliphatic heterocycles. The number of nitrogens with zero attached hydrogens (tertiary/aromatic N) is 12. The zero-order valence-electron chi connectivity index (χ0n) is 62.6. The van der Waals surface area contributed by atoms with Crippen molar-refractivity contribution in [3.8, 4) is 68.0 Å². The predicted octanol–water partition coefficient (Wildman–Crippen LogP) is 13.0. The molecule has 590 valence electrons. The van der Waals surface area contributed by atoms with Gasteiger partial charge in [0.05, 0.1) is 49.4 Å². The fraction of sp³-hybridized carbons (Fsp3) is 0.221. The molecule has 0 bridgehead atoms. The number of aromatic nitrogens is 8. The van der Waals surface area contributed by atoms with Crippen LogP contribution in [0.1, 0.15) is 48.4 Å². The summed E-state index contributed by atoms with van der Waals surface area (Å²) in [5.41, 5.74) is 30.4. The van der Waals surface area contributed by atoms with E-state index in [1.165, 1.54) is 25.1 Å². The number of pyridine rings is 2. The molecule has 0 unspecified atom stereocenters. The van der Waals surface area contributed by atoms with E-state index in [0.717, 1.165) is 82.9 Å². The van der Waals surface area contributed by atoms with Gasteiger partial charge in [0.1, 0.15) is 50.6 Å². The van der Waals surface area contributed by atoms with Crippen LogP contribution in [0.3, 0.4) is 0 Å². The first kappa shape index (κ1) is 84.6. The highest BCUT2D eigenvalue weighted by Gasteiger charge is 2.20. The number of ether oxygens (including phenoxy) is 4. The van der Waals surface area contributed by atoms with E-state index >= 15 is 0 Å². The van der Waals surface area contributed by atoms with Crippen LogP contribution < -0.4 is 63.1 Å². The fourth-order valence-corrected chi connectivity index (χ4v) is 10.3. The van der Waals surface area contributed by atoms with Gasteiger partial charge in [0.15, 0.2) is 22.8 Å². The van der Waals surface area contributed by atoms with E-state index in [-0.39, 0.29) is 46.8 Å². The highest BCUT2D eigenvalue weighted by molar-refractivity contribution is 6.35. The summed E-state index contributed by atoms with van der Waals surface area (Å²) in [7, 11) is 15.9. The summed E-state index contributed by atoms with van der Waals surface area (Å²) < 4.78 is 41.8. The number of hydrogen-bond donors (Lipinski definition) is 8. The number of nitrogen functional groups attached to an aromatic ring is 4. The van der Waals surface area contributed by atoms with Gasteiger partial charge in [0.25, 0.3) is 47.7 Å². The van der Waals surface area contributed by atoms with E-state index in [1.807, 2.05) is 127 Å². The molecule has 36 heteroatoms. The number of benzene rings is 5. The van der Waals surface area contributed by atoms with Crippen molar-refractivity contribution in [2.75, 3.05) is 153 Å². The number of hydrogen-bond acceptors (Lipinski definition) is 28. The topological polar surface area (TPSA) is 426 Å². The number of carbonyl (C=O) groups excluding carboxylic acids is 4. The van der Waals surface area contributed by atoms with Gasteiger partial charge < -0.3 is 100 Å². The van der Waals surface area contributed by atoms with Gasteiger partial charge in [-0.05, 0) is 163 Å². The maximum atomic E-state index is 12.3. The number of oxazole rings is 4. The molecule has 0 aliphatic rings. The SMILES string of the molecule is CN(C)CCCOc1ccc(-c2ccc(Cl)c(NC(=O)c3coc(N)n3)c2)cn1.CN(C)CCOc1ccc(-c2ccc(Cl)c(NC(=O)c3coc(N)n3)c2)cc1.CN(C)CCOc1ccc(-c2ccc(Cl)c(NC(=O)c3coc(N)n3)c2)cn1.CN(C)CCOc1ncc(-c2ccc(Cl)c(NC(=O)c3coc(N)n3)c2)cn1. The van der Waals surface area contributed by atoms with E-state index in [2.05, 4.69) is 70.9 Å². The number of carbonyl (C=O) groups is 4. The second-order valence-electron chi connectivity index (χ2n) is 25.4. The molecular weight excluding hydrogens is 1540 g/mol. The van der Waals surface area contributed by atoms with E-state index in [1.54, 1.807) is 85.5 Å². The summed E-state index contributed by atoms with van der Waals surface area (Å²) >= 11 is 24.8. The van der Waals surface area contributed by atoms with Crippen molar-refractivity contribution in [1.82, 2.24) is 59.5 Å². The third-order valence-corrected chi connectivity index (χ3v) is 16.8. The molecule has 12 aromatic rings. The zero-order chi connectivity index (χ0) is 81.1. The fourth-order valence-electron chi connectivity index (χ4n) is 9.63. The van der Waals surface area contributed by atoms with Crippen LogP contribution in [0.25, 0.3) is 44.5 Å². The van der Waals surface area contributed by atoms with Gasteiger partial charge in [-0.3, -0.25) is 19.2 Å². The number of nitrogens with one attached hydrogen (secondary N) is 4. The Morgan fingerprint density at radius 3 is 0.956 bits per heavy atom. The molecule has 5 aromatic carbocycles. The van der Waals surface area contributed by atoms with Crippen molar-refractivity contribution in [2.45, 2.75) is 6.42 Å². The van der Waals surface area contributed by atoms with E-state index in [0.29, 0.717) is 87.0 Å². The van der Waals surface area contributed by atoms with Crippen molar-refractivity contribution >= 4 is 117 Å². The normalized spacial score (nSPS) is 10.9. The summed E-state index contributed by atoms with van der Waals surface area (Å²) in [6.07, 6.45) is 12.4. The van der Waals surface area contributed by atoms with E-state index in [4.69, 9.17) is 106 Å². The van der Waals surface area contributed by atoms with Crippen LogP contribution in [0.2, 0.25) is 20.1 Å². The van der Waals surface area contributed by atoms with Gasteiger partial charge >= 0.3 is 6.01 Å². The first-order valence-corrected chi connectivity index (χ1v) is 35.9. The molecule has 7 heterocycles. The zero-order valence-corrected chi connectivity index (χ0v) is 65.6. The second kappa shape index (κ2) is 41.6. The lowest BCUT2D eigenvalue weighted by Crippen LogP contribution is -2.19. The van der Waals surface area contributed by atoms with Crippen LogP contribution >= 0.6 is 46.4 Å². The molecule has 7 aromatic heterocycles. The molecule has 0 atom stereocenters. The molecule has 12 rings (SSSR count). The smallest absolute Gasteiger partial charge is 0.316 e. The Morgan fingerprint density at radius 2 is 0.637 bits per heavy atom. The predicted molar refractivity (Wildman–Crippen MR) is 435 cm³/mol. The van der Waals surface area contributed by atoms with E-state index < -0.39 is 23.6 Å². The average Bonchev–Trinajstić information content (AvgIpc) is 1.65. The minimum Gasteiger partial charge on any atom is -0.492 e. The first-order chi connectivity index (χ1) is 54.2. The van der Waals surface area contributed by atoms with Gasteiger partial charge in [0.2, 0.25) is 11.8 Å². The number of rotatable bonds is 29. The Kier molecular flexibility index (Phi) is 31.1. The lowest BCUT2D eigenvalue weighted by molar-refractivity contribution is 0.101. The van der Waals surface area contributed by atoms with Crippen molar-refractivity contribution in [3.63, 3.8) is 0 Å². The third kappa shape index (κ3) is 26.7. The molecule has 0 saturated heterocycles. The van der Waals surface area contributed by atoms with E-state index in [9.17, 15) is 19.2 Å². The Bertz CT molecular complexity index is 4730. The minimum atomic E-state index is -0.486. The number of amides is 4. The average molecular weight is 1620 g/mol. The van der Waals surface area contributed by atoms with Crippen molar-refractivity contribution in [2.24, 2.45) is 0 Å². The lowest BCUT2D eigenvalue weighted by Gasteiger charge is -2.12. The molecule has 0 spiro atoms. The molecule has 113 heavy (non-hydrogen) atoms. The summed E-state index contributed by atoms with van der Waals surface area (Å²) in [4.78, 5) is 89.4. The molecule has 0 radical (unpaired) electrons. The first-order valence-electron chi connectivity index (χ1n) is 34.4. The summed E-state index contributed by atoms with van der Waals surface area (Å²) in [6, 6.07) is 36.4. The van der Waals surface area contributed by atoms with Crippen LogP contribution in [0, 0.1) is 0 Å². The molecule has 0 saturated carbocycles. The number of halogens is 4. The Labute approximate surface area is 670 Å². The van der Waals surface area contributed by atoms with Crippen molar-refractivity contribution in [1.29, 1.82) is 0 Å². The molecule has 32 nitrogen and oxygen atoms in total. The number of anilines is 8. The van der Waals surface area contributed by atoms with Gasteiger partial charge in [-0.1, -0.05) is 82.8 Å². The van der Waals surface area contributed by atoms with Gasteiger partial charge in [-0.2, -0.15) is 19.9 Å². The quantitative estimate of drug-likeness (QED) is 0.0202. The molecule has 0 aliphatic carbocycles. The molecule has 12 N–H and O–H groups in total. The van der Waals surface area contributed by atoms with Gasteiger partial charge in [0, 0.05) is 79.8 Å². The Morgan fingerprint density at radius 1 is 0.345 bits per heavy atom. The van der Waals surface area contributed by atoms with Crippen LogP contribution in [-0.2, 0) is 0 Å². The highest BCUT2D eigenvalue weighted by atomic mass is 35.5. The van der Waals surface area contributed by atoms with Crippen molar-refractivity contribution in [3.05, 3.63) is 214 Å². The molecule has 0 fully saturated rings. The van der Waals surface area contributed by atoms with Crippen LogP contribution in [0.4, 0.5) is 46.8 Å². The van der Waals surface area contributed by atoms with Crippen LogP contribution in [-0.4, -0.2) is 192 Å². The monoisotopic (exact) mass is 1620 g/mol. The van der Waals surface area contributed by atoms with Gasteiger partial charge in [-0.15, -0.1) is 0 Å². The van der Waals surface area contributed by atoms with Crippen molar-refractivity contribution < 1.29 is 55.8 Å². The second-order valence-corrected chi connectivity index (χ2v) is 27.0. The third-order valence-electron chi connectivity index (χ3n) is 15.5. The van der Waals surface area contributed by atoms with Crippen LogP contribution in [0.5, 0.6) is 23.5 Å². The largest absolute Gasteiger partial charge is 0.492 e. The molecular formula is C77H82Cl4N20O12.